The van der Waals surface area contributed by atoms with Gasteiger partial charge in [0, 0.05) is 13.1 Å². The molecule has 0 aliphatic heterocycles. The normalized spacial score (nSPS) is 16.5. The predicted molar refractivity (Wildman–Crippen MR) is 80.9 cm³/mol. The third-order valence-electron chi connectivity index (χ3n) is 3.99. The molecule has 0 saturated heterocycles. The second-order valence-electron chi connectivity index (χ2n) is 5.63. The lowest BCUT2D eigenvalue weighted by molar-refractivity contribution is 0.494. The second kappa shape index (κ2) is 7.33. The second-order valence-corrected chi connectivity index (χ2v) is 7.37. The van der Waals surface area contributed by atoms with Crippen LogP contribution in [0.1, 0.15) is 37.7 Å². The minimum Gasteiger partial charge on any atom is -0.316 e. The van der Waals surface area contributed by atoms with Gasteiger partial charge in [0.15, 0.2) is 0 Å². The molecule has 0 unspecified atom stereocenters. The molecule has 1 fully saturated rings. The summed E-state index contributed by atoms with van der Waals surface area (Å²) in [7, 11) is -2.00. The molecular formula is C15H23FN2O2S. The fourth-order valence-electron chi connectivity index (χ4n) is 2.85. The SMILES string of the molecule is CNCc1ccc(S(=O)(=O)NCCC2CCCC2)c(F)c1. The number of halogens is 1. The molecule has 1 aliphatic rings. The van der Waals surface area contributed by atoms with Crippen LogP contribution in [0.25, 0.3) is 0 Å². The summed E-state index contributed by atoms with van der Waals surface area (Å²) >= 11 is 0. The van der Waals surface area contributed by atoms with Crippen LogP contribution in [0.5, 0.6) is 0 Å². The molecule has 2 rings (SSSR count). The van der Waals surface area contributed by atoms with Gasteiger partial charge in [-0.3, -0.25) is 0 Å². The summed E-state index contributed by atoms with van der Waals surface area (Å²) in [5.41, 5.74) is 0.722. The molecule has 21 heavy (non-hydrogen) atoms. The first-order chi connectivity index (χ1) is 10.0. The number of rotatable bonds is 7. The highest BCUT2D eigenvalue weighted by Gasteiger charge is 2.20. The molecule has 1 aromatic carbocycles. The van der Waals surface area contributed by atoms with Gasteiger partial charge in [-0.15, -0.1) is 0 Å². The zero-order valence-electron chi connectivity index (χ0n) is 12.4. The molecule has 0 bridgehead atoms. The largest absolute Gasteiger partial charge is 0.316 e. The Balaban J connectivity index is 1.97. The Hall–Kier alpha value is -0.980. The summed E-state index contributed by atoms with van der Waals surface area (Å²) in [4.78, 5) is -0.270. The zero-order chi connectivity index (χ0) is 15.3. The summed E-state index contributed by atoms with van der Waals surface area (Å²) in [5, 5.41) is 2.90. The van der Waals surface area contributed by atoms with E-state index in [4.69, 9.17) is 0 Å². The molecule has 0 heterocycles. The van der Waals surface area contributed by atoms with E-state index in [1.165, 1.54) is 37.8 Å². The van der Waals surface area contributed by atoms with E-state index in [0.29, 0.717) is 19.0 Å². The molecule has 0 radical (unpaired) electrons. The van der Waals surface area contributed by atoms with Gasteiger partial charge in [-0.1, -0.05) is 31.7 Å². The van der Waals surface area contributed by atoms with Crippen LogP contribution in [0.2, 0.25) is 0 Å². The monoisotopic (exact) mass is 314 g/mol. The maximum Gasteiger partial charge on any atom is 0.243 e. The van der Waals surface area contributed by atoms with Crippen molar-refractivity contribution >= 4 is 10.0 Å². The van der Waals surface area contributed by atoms with Crippen LogP contribution in [0, 0.1) is 11.7 Å². The Kier molecular flexibility index (Phi) is 5.72. The highest BCUT2D eigenvalue weighted by molar-refractivity contribution is 7.89. The van der Waals surface area contributed by atoms with Crippen molar-refractivity contribution in [2.75, 3.05) is 13.6 Å². The summed E-state index contributed by atoms with van der Waals surface area (Å²) in [6.45, 7) is 0.886. The number of sulfonamides is 1. The minimum atomic E-state index is -3.76. The van der Waals surface area contributed by atoms with Crippen molar-refractivity contribution in [2.24, 2.45) is 5.92 Å². The Morgan fingerprint density at radius 2 is 2.00 bits per heavy atom. The maximum absolute atomic E-state index is 14.0. The molecule has 1 aromatic rings. The third kappa shape index (κ3) is 4.49. The number of benzene rings is 1. The van der Waals surface area contributed by atoms with Crippen molar-refractivity contribution in [1.29, 1.82) is 0 Å². The summed E-state index contributed by atoms with van der Waals surface area (Å²) in [5.74, 6) is -0.0910. The van der Waals surface area contributed by atoms with Crippen molar-refractivity contribution in [3.63, 3.8) is 0 Å². The number of nitrogens with one attached hydrogen (secondary N) is 2. The fraction of sp³-hybridized carbons (Fsp3) is 0.600. The molecule has 0 amide bonds. The predicted octanol–water partition coefficient (Wildman–Crippen LogP) is 2.40. The molecule has 1 aliphatic carbocycles. The first-order valence-electron chi connectivity index (χ1n) is 7.45. The van der Waals surface area contributed by atoms with Crippen LogP contribution in [0.15, 0.2) is 23.1 Å². The molecule has 0 spiro atoms. The first-order valence-corrected chi connectivity index (χ1v) is 8.94. The average molecular weight is 314 g/mol. The lowest BCUT2D eigenvalue weighted by Crippen LogP contribution is -2.26. The van der Waals surface area contributed by atoms with Gasteiger partial charge in [0.25, 0.3) is 0 Å². The Bertz CT molecular complexity index is 569. The van der Waals surface area contributed by atoms with Crippen molar-refractivity contribution < 1.29 is 12.8 Å². The van der Waals surface area contributed by atoms with Gasteiger partial charge < -0.3 is 5.32 Å². The Morgan fingerprint density at radius 3 is 2.62 bits per heavy atom. The van der Waals surface area contributed by atoms with Gasteiger partial charge in [0.05, 0.1) is 0 Å². The van der Waals surface area contributed by atoms with Crippen LogP contribution in [-0.4, -0.2) is 22.0 Å². The van der Waals surface area contributed by atoms with Crippen LogP contribution in [0.4, 0.5) is 4.39 Å². The van der Waals surface area contributed by atoms with Crippen LogP contribution >= 0.6 is 0 Å². The van der Waals surface area contributed by atoms with E-state index in [2.05, 4.69) is 10.0 Å². The lowest BCUT2D eigenvalue weighted by Gasteiger charge is -2.11. The van der Waals surface area contributed by atoms with Crippen LogP contribution in [-0.2, 0) is 16.6 Å². The molecular weight excluding hydrogens is 291 g/mol. The molecule has 0 atom stereocenters. The molecule has 1 saturated carbocycles. The summed E-state index contributed by atoms with van der Waals surface area (Å²) in [6, 6.07) is 4.23. The highest BCUT2D eigenvalue weighted by Crippen LogP contribution is 2.27. The van der Waals surface area contributed by atoms with E-state index in [0.717, 1.165) is 12.0 Å². The minimum absolute atomic E-state index is 0.270. The quantitative estimate of drug-likeness (QED) is 0.812. The number of hydrogen-bond acceptors (Lipinski definition) is 3. The average Bonchev–Trinajstić information content (AvgIpc) is 2.92. The summed E-state index contributed by atoms with van der Waals surface area (Å²) in [6.07, 6.45) is 5.65. The van der Waals surface area contributed by atoms with Gasteiger partial charge in [-0.25, -0.2) is 17.5 Å². The van der Waals surface area contributed by atoms with Crippen molar-refractivity contribution in [1.82, 2.24) is 10.0 Å². The van der Waals surface area contributed by atoms with Crippen LogP contribution in [0.3, 0.4) is 0 Å². The summed E-state index contributed by atoms with van der Waals surface area (Å²) < 4.78 is 40.7. The smallest absolute Gasteiger partial charge is 0.243 e. The Morgan fingerprint density at radius 1 is 1.29 bits per heavy atom. The van der Waals surface area contributed by atoms with E-state index in [9.17, 15) is 12.8 Å². The zero-order valence-corrected chi connectivity index (χ0v) is 13.2. The van der Waals surface area contributed by atoms with Gasteiger partial charge in [0.2, 0.25) is 10.0 Å². The molecule has 4 nitrogen and oxygen atoms in total. The third-order valence-corrected chi connectivity index (χ3v) is 5.48. The van der Waals surface area contributed by atoms with E-state index in [1.807, 2.05) is 0 Å². The van der Waals surface area contributed by atoms with E-state index in [1.54, 1.807) is 13.1 Å². The van der Waals surface area contributed by atoms with Crippen molar-refractivity contribution in [3.05, 3.63) is 29.6 Å². The van der Waals surface area contributed by atoms with Gasteiger partial charge in [-0.05, 0) is 37.1 Å². The number of hydrogen-bond donors (Lipinski definition) is 2. The van der Waals surface area contributed by atoms with E-state index in [-0.39, 0.29) is 4.90 Å². The highest BCUT2D eigenvalue weighted by atomic mass is 32.2. The molecule has 6 heteroatoms. The molecule has 118 valence electrons. The fourth-order valence-corrected chi connectivity index (χ4v) is 3.96. The van der Waals surface area contributed by atoms with Gasteiger partial charge in [0.1, 0.15) is 10.7 Å². The standard InChI is InChI=1S/C15H23FN2O2S/c1-17-11-13-6-7-15(14(16)10-13)21(19,20)18-9-8-12-4-2-3-5-12/h6-7,10,12,17-18H,2-5,8-9,11H2,1H3. The molecule has 0 aromatic heterocycles. The molecule has 2 N–H and O–H groups in total. The van der Waals surface area contributed by atoms with Crippen molar-refractivity contribution in [2.45, 2.75) is 43.5 Å². The van der Waals surface area contributed by atoms with E-state index >= 15 is 0 Å². The first kappa shape index (κ1) is 16.4. The van der Waals surface area contributed by atoms with E-state index < -0.39 is 15.8 Å². The van der Waals surface area contributed by atoms with Crippen molar-refractivity contribution in [3.8, 4) is 0 Å². The topological polar surface area (TPSA) is 58.2 Å². The van der Waals surface area contributed by atoms with Gasteiger partial charge >= 0.3 is 0 Å². The Labute approximate surface area is 126 Å². The van der Waals surface area contributed by atoms with Crippen LogP contribution < -0.4 is 10.0 Å². The van der Waals surface area contributed by atoms with Gasteiger partial charge in [-0.2, -0.15) is 0 Å². The lowest BCUT2D eigenvalue weighted by atomic mass is 10.1. The maximum atomic E-state index is 14.0.